The van der Waals surface area contributed by atoms with Crippen LogP contribution in [0.25, 0.3) is 0 Å². The summed E-state index contributed by atoms with van der Waals surface area (Å²) in [6.45, 7) is 1.97. The van der Waals surface area contributed by atoms with Gasteiger partial charge in [-0.25, -0.2) is 9.80 Å². The highest BCUT2D eigenvalue weighted by Gasteiger charge is 2.25. The molecule has 0 aliphatic carbocycles. The van der Waals surface area contributed by atoms with Crippen LogP contribution in [0, 0.1) is 0 Å². The third-order valence-electron chi connectivity index (χ3n) is 2.02. The number of hydrogen-bond acceptors (Lipinski definition) is 4. The molecule has 1 heterocycles. The monoisotopic (exact) mass is 227 g/mol. The summed E-state index contributed by atoms with van der Waals surface area (Å²) in [7, 11) is 0. The third-order valence-corrected chi connectivity index (χ3v) is 2.02. The van der Waals surface area contributed by atoms with E-state index in [-0.39, 0.29) is 36.9 Å². The summed E-state index contributed by atoms with van der Waals surface area (Å²) in [6, 6.07) is 0. The molecule has 0 aromatic carbocycles. The lowest BCUT2D eigenvalue weighted by molar-refractivity contribution is -0.137. The molecule has 7 heteroatoms. The molecular formula is C9H13N3O4. The van der Waals surface area contributed by atoms with Crippen LogP contribution in [0.4, 0.5) is 0 Å². The van der Waals surface area contributed by atoms with Gasteiger partial charge in [-0.1, -0.05) is 0 Å². The molecule has 0 spiro atoms. The van der Waals surface area contributed by atoms with Gasteiger partial charge < -0.3 is 10.4 Å². The molecule has 0 bridgehead atoms. The fourth-order valence-electron chi connectivity index (χ4n) is 1.27. The number of aliphatic carboxylic acids is 1. The number of hydrogen-bond donors (Lipinski definition) is 2. The normalized spacial score (nSPS) is 15.7. The van der Waals surface area contributed by atoms with E-state index in [1.54, 1.807) is 6.92 Å². The molecule has 0 unspecified atom stereocenters. The molecule has 1 aliphatic heterocycles. The number of amides is 2. The summed E-state index contributed by atoms with van der Waals surface area (Å²) in [5.74, 6) is -1.85. The molecule has 2 N–H and O–H groups in total. The van der Waals surface area contributed by atoms with E-state index in [2.05, 4.69) is 10.4 Å². The van der Waals surface area contributed by atoms with Crippen molar-refractivity contribution in [1.29, 1.82) is 0 Å². The lowest BCUT2D eigenvalue weighted by atomic mass is 10.2. The number of carbonyl (C=O) groups excluding carboxylic acids is 2. The highest BCUT2D eigenvalue weighted by Crippen LogP contribution is 2.08. The van der Waals surface area contributed by atoms with E-state index < -0.39 is 5.97 Å². The fraction of sp³-hybridized carbons (Fsp3) is 0.556. The predicted molar refractivity (Wildman–Crippen MR) is 54.7 cm³/mol. The molecule has 0 atom stereocenters. The first-order valence-corrected chi connectivity index (χ1v) is 4.92. The SMILES string of the molecule is CCNC(=O)CN1N=C(C(=O)O)CCC1=O. The van der Waals surface area contributed by atoms with Crippen molar-refractivity contribution in [3.05, 3.63) is 0 Å². The maximum atomic E-state index is 11.3. The Labute approximate surface area is 92.1 Å². The van der Waals surface area contributed by atoms with Crippen LogP contribution in [0.15, 0.2) is 5.10 Å². The number of nitrogens with one attached hydrogen (secondary N) is 1. The number of hydrazone groups is 1. The fourth-order valence-corrected chi connectivity index (χ4v) is 1.27. The van der Waals surface area contributed by atoms with Gasteiger partial charge in [0.15, 0.2) is 0 Å². The largest absolute Gasteiger partial charge is 0.477 e. The molecule has 88 valence electrons. The van der Waals surface area contributed by atoms with Crippen molar-refractivity contribution in [3.63, 3.8) is 0 Å². The van der Waals surface area contributed by atoms with E-state index >= 15 is 0 Å². The number of likely N-dealkylation sites (N-methyl/N-ethyl adjacent to an activating group) is 1. The summed E-state index contributed by atoms with van der Waals surface area (Å²) < 4.78 is 0. The van der Waals surface area contributed by atoms with Gasteiger partial charge in [-0.2, -0.15) is 5.10 Å². The first kappa shape index (κ1) is 12.2. The van der Waals surface area contributed by atoms with Gasteiger partial charge in [0.2, 0.25) is 11.8 Å². The molecule has 16 heavy (non-hydrogen) atoms. The van der Waals surface area contributed by atoms with Crippen LogP contribution < -0.4 is 5.32 Å². The zero-order valence-corrected chi connectivity index (χ0v) is 8.89. The van der Waals surface area contributed by atoms with Gasteiger partial charge in [0.25, 0.3) is 0 Å². The maximum absolute atomic E-state index is 11.3. The zero-order valence-electron chi connectivity index (χ0n) is 8.89. The lowest BCUT2D eigenvalue weighted by Crippen LogP contribution is -2.41. The van der Waals surface area contributed by atoms with Crippen LogP contribution in [0.1, 0.15) is 19.8 Å². The van der Waals surface area contributed by atoms with Crippen molar-refractivity contribution in [2.45, 2.75) is 19.8 Å². The molecule has 0 radical (unpaired) electrons. The van der Waals surface area contributed by atoms with E-state index in [4.69, 9.17) is 5.11 Å². The van der Waals surface area contributed by atoms with Crippen LogP contribution >= 0.6 is 0 Å². The highest BCUT2D eigenvalue weighted by molar-refractivity contribution is 6.36. The summed E-state index contributed by atoms with van der Waals surface area (Å²) in [5, 5.41) is 15.7. The van der Waals surface area contributed by atoms with Crippen LogP contribution in [-0.2, 0) is 14.4 Å². The average molecular weight is 227 g/mol. The van der Waals surface area contributed by atoms with E-state index in [0.29, 0.717) is 6.54 Å². The second kappa shape index (κ2) is 5.24. The molecule has 0 aromatic heterocycles. The van der Waals surface area contributed by atoms with Crippen molar-refractivity contribution in [2.75, 3.05) is 13.1 Å². The van der Waals surface area contributed by atoms with Gasteiger partial charge in [-0.15, -0.1) is 0 Å². The number of rotatable bonds is 4. The summed E-state index contributed by atoms with van der Waals surface area (Å²) in [5.41, 5.74) is -0.0936. The zero-order chi connectivity index (χ0) is 12.1. The minimum Gasteiger partial charge on any atom is -0.477 e. The first-order valence-electron chi connectivity index (χ1n) is 4.92. The molecule has 0 saturated heterocycles. The third kappa shape index (κ3) is 3.04. The Morgan fingerprint density at radius 3 is 2.75 bits per heavy atom. The van der Waals surface area contributed by atoms with Crippen LogP contribution in [-0.4, -0.2) is 46.7 Å². The molecule has 7 nitrogen and oxygen atoms in total. The van der Waals surface area contributed by atoms with Crippen molar-refractivity contribution in [2.24, 2.45) is 5.10 Å². The summed E-state index contributed by atoms with van der Waals surface area (Å²) in [4.78, 5) is 33.2. The Hall–Kier alpha value is -1.92. The summed E-state index contributed by atoms with van der Waals surface area (Å²) in [6.07, 6.45) is 0.185. The quantitative estimate of drug-likeness (QED) is 0.655. The van der Waals surface area contributed by atoms with E-state index in [0.717, 1.165) is 5.01 Å². The van der Waals surface area contributed by atoms with E-state index in [1.165, 1.54) is 0 Å². The highest BCUT2D eigenvalue weighted by atomic mass is 16.4. The minimum absolute atomic E-state index is 0.0739. The van der Waals surface area contributed by atoms with E-state index in [1.807, 2.05) is 0 Å². The van der Waals surface area contributed by atoms with Gasteiger partial charge in [-0.3, -0.25) is 9.59 Å². The Balaban J connectivity index is 2.69. The standard InChI is InChI=1S/C9H13N3O4/c1-2-10-7(13)5-12-8(14)4-3-6(11-12)9(15)16/h2-5H2,1H3,(H,10,13)(H,15,16). The number of carboxylic acid groups (broad SMARTS) is 1. The first-order chi connectivity index (χ1) is 7.54. The molecule has 0 aromatic rings. The van der Waals surface area contributed by atoms with Gasteiger partial charge >= 0.3 is 5.97 Å². The van der Waals surface area contributed by atoms with Crippen LogP contribution in [0.3, 0.4) is 0 Å². The lowest BCUT2D eigenvalue weighted by Gasteiger charge is -2.21. The van der Waals surface area contributed by atoms with Crippen LogP contribution in [0.5, 0.6) is 0 Å². The van der Waals surface area contributed by atoms with Gasteiger partial charge in [0.05, 0.1) is 0 Å². The predicted octanol–water partition coefficient (Wildman–Crippen LogP) is -0.814. The molecule has 0 fully saturated rings. The second-order valence-corrected chi connectivity index (χ2v) is 3.26. The molecular weight excluding hydrogens is 214 g/mol. The maximum Gasteiger partial charge on any atom is 0.352 e. The Morgan fingerprint density at radius 1 is 1.50 bits per heavy atom. The van der Waals surface area contributed by atoms with Crippen molar-refractivity contribution >= 4 is 23.5 Å². The second-order valence-electron chi connectivity index (χ2n) is 3.26. The molecule has 1 rings (SSSR count). The van der Waals surface area contributed by atoms with Crippen LogP contribution in [0.2, 0.25) is 0 Å². The van der Waals surface area contributed by atoms with E-state index in [9.17, 15) is 14.4 Å². The number of carboxylic acids is 1. The van der Waals surface area contributed by atoms with Gasteiger partial charge in [-0.05, 0) is 6.92 Å². The van der Waals surface area contributed by atoms with Crippen molar-refractivity contribution < 1.29 is 19.5 Å². The Kier molecular flexibility index (Phi) is 3.98. The summed E-state index contributed by atoms with van der Waals surface area (Å²) >= 11 is 0. The van der Waals surface area contributed by atoms with Crippen molar-refractivity contribution in [1.82, 2.24) is 10.3 Å². The number of carbonyl (C=O) groups is 3. The van der Waals surface area contributed by atoms with Gasteiger partial charge in [0, 0.05) is 19.4 Å². The minimum atomic E-state index is -1.16. The Morgan fingerprint density at radius 2 is 2.19 bits per heavy atom. The topological polar surface area (TPSA) is 99.1 Å². The van der Waals surface area contributed by atoms with Crippen molar-refractivity contribution in [3.8, 4) is 0 Å². The smallest absolute Gasteiger partial charge is 0.352 e. The Bertz CT molecular complexity index is 351. The average Bonchev–Trinajstić information content (AvgIpc) is 2.21. The van der Waals surface area contributed by atoms with Gasteiger partial charge in [0.1, 0.15) is 12.3 Å². The molecule has 2 amide bonds. The molecule has 0 saturated carbocycles. The molecule has 1 aliphatic rings. The number of nitrogens with zero attached hydrogens (tertiary/aromatic N) is 2.